The molecule has 94 valence electrons. The third-order valence-electron chi connectivity index (χ3n) is 2.32. The molecular weight excluding hydrogens is 216 g/mol. The number of carboxylic acids is 2. The molecular formula is C10H18O6. The highest BCUT2D eigenvalue weighted by molar-refractivity contribution is 5.81. The molecule has 6 heteroatoms. The zero-order valence-corrected chi connectivity index (χ0v) is 9.38. The molecule has 0 amide bonds. The predicted octanol–water partition coefficient (Wildman–Crippen LogP) is 0.0739. The molecule has 0 aromatic carbocycles. The highest BCUT2D eigenvalue weighted by atomic mass is 16.4. The molecule has 0 saturated heterocycles. The molecule has 2 unspecified atom stereocenters. The van der Waals surface area contributed by atoms with Crippen LogP contribution in [-0.4, -0.2) is 44.6 Å². The highest BCUT2D eigenvalue weighted by Gasteiger charge is 2.42. The monoisotopic (exact) mass is 234 g/mol. The quantitative estimate of drug-likeness (QED) is 0.495. The molecule has 0 aliphatic heterocycles. The van der Waals surface area contributed by atoms with Gasteiger partial charge in [0.05, 0.1) is 24.0 Å². The third-order valence-corrected chi connectivity index (χ3v) is 2.32. The fourth-order valence-electron chi connectivity index (χ4n) is 1.90. The summed E-state index contributed by atoms with van der Waals surface area (Å²) in [5.74, 6) is -2.57. The van der Waals surface area contributed by atoms with Crippen molar-refractivity contribution in [1.82, 2.24) is 0 Å². The molecule has 0 aromatic rings. The summed E-state index contributed by atoms with van der Waals surface area (Å²) in [5, 5.41) is 36.2. The van der Waals surface area contributed by atoms with Gasteiger partial charge in [0, 0.05) is 0 Å². The zero-order valence-electron chi connectivity index (χ0n) is 9.38. The van der Waals surface area contributed by atoms with E-state index in [1.54, 1.807) is 0 Å². The lowest BCUT2D eigenvalue weighted by Crippen LogP contribution is -2.39. The largest absolute Gasteiger partial charge is 0.481 e. The van der Waals surface area contributed by atoms with E-state index in [0.29, 0.717) is 0 Å². The lowest BCUT2D eigenvalue weighted by molar-refractivity contribution is -0.160. The smallest absolute Gasteiger partial charge is 0.310 e. The fourth-order valence-corrected chi connectivity index (χ4v) is 1.90. The topological polar surface area (TPSA) is 115 Å². The summed E-state index contributed by atoms with van der Waals surface area (Å²) in [7, 11) is 0. The maximum Gasteiger partial charge on any atom is 0.310 e. The molecule has 0 aliphatic carbocycles. The Morgan fingerprint density at radius 2 is 1.44 bits per heavy atom. The number of hydrogen-bond donors (Lipinski definition) is 4. The molecule has 0 spiro atoms. The van der Waals surface area contributed by atoms with Crippen LogP contribution in [0, 0.1) is 5.41 Å². The number of rotatable bonds is 7. The number of aliphatic hydroxyl groups is 2. The van der Waals surface area contributed by atoms with E-state index in [1.165, 1.54) is 13.8 Å². The van der Waals surface area contributed by atoms with Crippen molar-refractivity contribution < 1.29 is 30.0 Å². The van der Waals surface area contributed by atoms with Gasteiger partial charge in [-0.15, -0.1) is 0 Å². The second-order valence-electron chi connectivity index (χ2n) is 4.26. The Bertz CT molecular complexity index is 248. The average molecular weight is 234 g/mol. The van der Waals surface area contributed by atoms with Crippen molar-refractivity contribution in [3.63, 3.8) is 0 Å². The predicted molar refractivity (Wildman–Crippen MR) is 54.9 cm³/mol. The van der Waals surface area contributed by atoms with E-state index in [4.69, 9.17) is 10.2 Å². The van der Waals surface area contributed by atoms with Crippen molar-refractivity contribution in [2.24, 2.45) is 5.41 Å². The minimum absolute atomic E-state index is 0.195. The Morgan fingerprint density at radius 3 is 1.62 bits per heavy atom. The number of aliphatic carboxylic acids is 2. The SMILES string of the molecule is CC(O)CC(CC(=O)O)(CC(C)O)C(=O)O. The first kappa shape index (κ1) is 14.9. The van der Waals surface area contributed by atoms with E-state index < -0.39 is 36.0 Å². The Morgan fingerprint density at radius 1 is 1.06 bits per heavy atom. The second-order valence-corrected chi connectivity index (χ2v) is 4.26. The molecule has 6 nitrogen and oxygen atoms in total. The van der Waals surface area contributed by atoms with Crippen LogP contribution < -0.4 is 0 Å². The van der Waals surface area contributed by atoms with E-state index in [0.717, 1.165) is 0 Å². The highest BCUT2D eigenvalue weighted by Crippen LogP contribution is 2.34. The standard InChI is InChI=1S/C10H18O6/c1-6(11)3-10(9(15)16,4-7(2)12)5-8(13)14/h6-7,11-12H,3-5H2,1-2H3,(H,13,14)(H,15,16). The molecule has 0 aliphatic rings. The zero-order chi connectivity index (χ0) is 12.9. The number of carboxylic acid groups (broad SMARTS) is 2. The summed E-state index contributed by atoms with van der Waals surface area (Å²) in [6.07, 6.45) is -2.87. The van der Waals surface area contributed by atoms with Crippen LogP contribution in [0.2, 0.25) is 0 Å². The van der Waals surface area contributed by atoms with Gasteiger partial charge in [0.1, 0.15) is 0 Å². The molecule has 0 aromatic heterocycles. The Balaban J connectivity index is 5.03. The van der Waals surface area contributed by atoms with Gasteiger partial charge in [0.15, 0.2) is 0 Å². The van der Waals surface area contributed by atoms with E-state index in [2.05, 4.69) is 0 Å². The van der Waals surface area contributed by atoms with Gasteiger partial charge in [-0.3, -0.25) is 9.59 Å². The van der Waals surface area contributed by atoms with Gasteiger partial charge in [0.25, 0.3) is 0 Å². The fraction of sp³-hybridized carbons (Fsp3) is 0.800. The Kier molecular flexibility index (Phi) is 5.40. The molecule has 2 atom stereocenters. The van der Waals surface area contributed by atoms with Crippen LogP contribution in [0.1, 0.15) is 33.1 Å². The molecule has 0 radical (unpaired) electrons. The number of aliphatic hydroxyl groups excluding tert-OH is 2. The number of hydrogen-bond acceptors (Lipinski definition) is 4. The van der Waals surface area contributed by atoms with Gasteiger partial charge >= 0.3 is 11.9 Å². The van der Waals surface area contributed by atoms with Gasteiger partial charge < -0.3 is 20.4 Å². The molecule has 0 saturated carbocycles. The van der Waals surface area contributed by atoms with Crippen LogP contribution in [-0.2, 0) is 9.59 Å². The van der Waals surface area contributed by atoms with Crippen molar-refractivity contribution >= 4 is 11.9 Å². The average Bonchev–Trinajstić information content (AvgIpc) is 1.98. The van der Waals surface area contributed by atoms with Crippen LogP contribution in [0.15, 0.2) is 0 Å². The van der Waals surface area contributed by atoms with Gasteiger partial charge in [-0.25, -0.2) is 0 Å². The summed E-state index contributed by atoms with van der Waals surface area (Å²) < 4.78 is 0. The molecule has 0 fully saturated rings. The van der Waals surface area contributed by atoms with Crippen LogP contribution in [0.25, 0.3) is 0 Å². The Hall–Kier alpha value is -1.14. The summed E-state index contributed by atoms with van der Waals surface area (Å²) in [6, 6.07) is 0. The van der Waals surface area contributed by atoms with Gasteiger partial charge in [-0.1, -0.05) is 0 Å². The molecule has 16 heavy (non-hydrogen) atoms. The summed E-state index contributed by atoms with van der Waals surface area (Å²) in [5.41, 5.74) is -1.62. The van der Waals surface area contributed by atoms with Gasteiger partial charge in [-0.05, 0) is 26.7 Å². The maximum absolute atomic E-state index is 11.1. The first-order chi connectivity index (χ1) is 7.19. The van der Waals surface area contributed by atoms with Crippen molar-refractivity contribution in [2.75, 3.05) is 0 Å². The lowest BCUT2D eigenvalue weighted by atomic mass is 9.75. The van der Waals surface area contributed by atoms with Crippen LogP contribution >= 0.6 is 0 Å². The molecule has 0 bridgehead atoms. The first-order valence-corrected chi connectivity index (χ1v) is 5.01. The first-order valence-electron chi connectivity index (χ1n) is 5.01. The lowest BCUT2D eigenvalue weighted by Gasteiger charge is -2.30. The number of carbonyl (C=O) groups is 2. The van der Waals surface area contributed by atoms with Gasteiger partial charge in [-0.2, -0.15) is 0 Å². The maximum atomic E-state index is 11.1. The minimum Gasteiger partial charge on any atom is -0.481 e. The minimum atomic E-state index is -1.62. The van der Waals surface area contributed by atoms with E-state index in [-0.39, 0.29) is 12.8 Å². The molecule has 0 heterocycles. The normalized spacial score (nSPS) is 18.5. The second kappa shape index (κ2) is 5.81. The molecule has 0 rings (SSSR count). The summed E-state index contributed by atoms with van der Waals surface area (Å²) in [4.78, 5) is 21.8. The van der Waals surface area contributed by atoms with Crippen LogP contribution in [0.5, 0.6) is 0 Å². The van der Waals surface area contributed by atoms with Crippen molar-refractivity contribution in [1.29, 1.82) is 0 Å². The summed E-state index contributed by atoms with van der Waals surface area (Å²) in [6.45, 7) is 2.78. The van der Waals surface area contributed by atoms with Crippen molar-refractivity contribution in [3.8, 4) is 0 Å². The van der Waals surface area contributed by atoms with Crippen LogP contribution in [0.3, 0.4) is 0 Å². The van der Waals surface area contributed by atoms with E-state index in [1.807, 2.05) is 0 Å². The third kappa shape index (κ3) is 4.59. The van der Waals surface area contributed by atoms with Crippen molar-refractivity contribution in [2.45, 2.75) is 45.3 Å². The van der Waals surface area contributed by atoms with E-state index in [9.17, 15) is 19.8 Å². The Labute approximate surface area is 93.5 Å². The van der Waals surface area contributed by atoms with Crippen molar-refractivity contribution in [3.05, 3.63) is 0 Å². The van der Waals surface area contributed by atoms with E-state index >= 15 is 0 Å². The molecule has 4 N–H and O–H groups in total. The summed E-state index contributed by atoms with van der Waals surface area (Å²) >= 11 is 0. The van der Waals surface area contributed by atoms with Gasteiger partial charge in [0.2, 0.25) is 0 Å². The van der Waals surface area contributed by atoms with Crippen LogP contribution in [0.4, 0.5) is 0 Å².